The molecule has 2 aromatic carbocycles. The molecule has 136 valence electrons. The number of rotatable bonds is 7. The summed E-state index contributed by atoms with van der Waals surface area (Å²) in [6, 6.07) is 11.8. The first-order chi connectivity index (χ1) is 12.4. The Kier molecular flexibility index (Phi) is 6.74. The summed E-state index contributed by atoms with van der Waals surface area (Å²) in [5.74, 6) is -0.865. The number of hydrogen-bond donors (Lipinski definition) is 1. The average molecular weight is 376 g/mol. The lowest BCUT2D eigenvalue weighted by Crippen LogP contribution is -2.40. The number of ketones is 1. The summed E-state index contributed by atoms with van der Waals surface area (Å²) >= 11 is 5.77. The first kappa shape index (κ1) is 19.5. The predicted molar refractivity (Wildman–Crippen MR) is 96.7 cm³/mol. The van der Waals surface area contributed by atoms with Crippen molar-refractivity contribution in [3.8, 4) is 5.75 Å². The molecule has 0 unspecified atom stereocenters. The maximum Gasteiger partial charge on any atom is 0.328 e. The van der Waals surface area contributed by atoms with E-state index in [-0.39, 0.29) is 5.78 Å². The quantitative estimate of drug-likeness (QED) is 0.594. The number of benzene rings is 2. The number of hydrogen-bond acceptors (Lipinski definition) is 5. The van der Waals surface area contributed by atoms with Crippen molar-refractivity contribution in [2.45, 2.75) is 13.0 Å². The third-order valence-corrected chi connectivity index (χ3v) is 3.82. The minimum absolute atomic E-state index is 0.350. The molecule has 2 aromatic rings. The first-order valence-corrected chi connectivity index (χ1v) is 8.19. The van der Waals surface area contributed by atoms with Gasteiger partial charge in [0.2, 0.25) is 0 Å². The lowest BCUT2D eigenvalue weighted by Gasteiger charge is -2.13. The van der Waals surface area contributed by atoms with Crippen LogP contribution in [0.1, 0.15) is 27.6 Å². The molecule has 0 aromatic heterocycles. The fourth-order valence-electron chi connectivity index (χ4n) is 2.06. The van der Waals surface area contributed by atoms with Gasteiger partial charge >= 0.3 is 5.97 Å². The van der Waals surface area contributed by atoms with Crippen molar-refractivity contribution in [1.82, 2.24) is 5.32 Å². The van der Waals surface area contributed by atoms with Crippen LogP contribution in [0.3, 0.4) is 0 Å². The molecule has 0 aliphatic rings. The van der Waals surface area contributed by atoms with Crippen LogP contribution in [0.2, 0.25) is 5.02 Å². The third-order valence-electron chi connectivity index (χ3n) is 3.57. The number of methoxy groups -OCH3 is 1. The highest BCUT2D eigenvalue weighted by Gasteiger charge is 2.19. The van der Waals surface area contributed by atoms with Crippen LogP contribution < -0.4 is 10.1 Å². The largest absolute Gasteiger partial charge is 0.497 e. The minimum Gasteiger partial charge on any atom is -0.497 e. The van der Waals surface area contributed by atoms with E-state index in [1.54, 1.807) is 48.5 Å². The molecule has 1 amide bonds. The van der Waals surface area contributed by atoms with E-state index < -0.39 is 24.5 Å². The molecule has 0 aliphatic heterocycles. The predicted octanol–water partition coefficient (Wildman–Crippen LogP) is 2.89. The summed E-state index contributed by atoms with van der Waals surface area (Å²) in [5, 5.41) is 3.02. The molecular formula is C19H18ClNO5. The topological polar surface area (TPSA) is 81.7 Å². The van der Waals surface area contributed by atoms with Gasteiger partial charge in [0.25, 0.3) is 5.91 Å². The number of halogens is 1. The van der Waals surface area contributed by atoms with E-state index in [2.05, 4.69) is 5.32 Å². The summed E-state index contributed by atoms with van der Waals surface area (Å²) in [7, 11) is 1.53. The van der Waals surface area contributed by atoms with Gasteiger partial charge in [-0.05, 0) is 55.5 Å². The standard InChI is InChI=1S/C19H18ClNO5/c1-12(21-18(23)14-3-7-15(20)8-4-14)19(24)26-11-17(22)13-5-9-16(25-2)10-6-13/h3-10,12H,11H2,1-2H3,(H,21,23)/t12-/m0/s1. The Morgan fingerprint density at radius 1 is 1.00 bits per heavy atom. The van der Waals surface area contributed by atoms with Gasteiger partial charge < -0.3 is 14.8 Å². The van der Waals surface area contributed by atoms with Crippen LogP contribution >= 0.6 is 11.6 Å². The molecule has 0 bridgehead atoms. The molecule has 0 aliphatic carbocycles. The summed E-state index contributed by atoms with van der Waals surface area (Å²) < 4.78 is 9.99. The molecular weight excluding hydrogens is 358 g/mol. The van der Waals surface area contributed by atoms with Gasteiger partial charge in [-0.25, -0.2) is 4.79 Å². The highest BCUT2D eigenvalue weighted by molar-refractivity contribution is 6.30. The molecule has 0 saturated carbocycles. The Hall–Kier alpha value is -2.86. The lowest BCUT2D eigenvalue weighted by molar-refractivity contribution is -0.144. The normalized spacial score (nSPS) is 11.3. The Morgan fingerprint density at radius 2 is 1.58 bits per heavy atom. The highest BCUT2D eigenvalue weighted by atomic mass is 35.5. The van der Waals surface area contributed by atoms with E-state index in [9.17, 15) is 14.4 Å². The van der Waals surface area contributed by atoms with Crippen LogP contribution in [0.25, 0.3) is 0 Å². The van der Waals surface area contributed by atoms with Crippen molar-refractivity contribution in [3.05, 3.63) is 64.7 Å². The van der Waals surface area contributed by atoms with Gasteiger partial charge in [-0.1, -0.05) is 11.6 Å². The second-order valence-electron chi connectivity index (χ2n) is 5.46. The van der Waals surface area contributed by atoms with Gasteiger partial charge in [0.1, 0.15) is 11.8 Å². The zero-order valence-electron chi connectivity index (χ0n) is 14.3. The van der Waals surface area contributed by atoms with Crippen molar-refractivity contribution >= 4 is 29.3 Å². The number of carbonyl (C=O) groups is 3. The van der Waals surface area contributed by atoms with Crippen molar-refractivity contribution in [2.24, 2.45) is 0 Å². The summed E-state index contributed by atoms with van der Waals surface area (Å²) in [6.45, 7) is 1.07. The van der Waals surface area contributed by atoms with E-state index in [0.29, 0.717) is 21.9 Å². The van der Waals surface area contributed by atoms with Crippen molar-refractivity contribution in [2.75, 3.05) is 13.7 Å². The Bertz CT molecular complexity index is 787. The molecule has 0 saturated heterocycles. The molecule has 26 heavy (non-hydrogen) atoms. The summed E-state index contributed by atoms with van der Waals surface area (Å²) in [4.78, 5) is 36.0. The van der Waals surface area contributed by atoms with Crippen molar-refractivity contribution < 1.29 is 23.9 Å². The second kappa shape index (κ2) is 9.01. The van der Waals surface area contributed by atoms with Crippen LogP contribution in [-0.2, 0) is 9.53 Å². The van der Waals surface area contributed by atoms with Gasteiger partial charge in [0.15, 0.2) is 12.4 Å². The van der Waals surface area contributed by atoms with Gasteiger partial charge in [-0.2, -0.15) is 0 Å². The van der Waals surface area contributed by atoms with Crippen LogP contribution in [0.4, 0.5) is 0 Å². The van der Waals surface area contributed by atoms with Crippen LogP contribution in [-0.4, -0.2) is 37.4 Å². The van der Waals surface area contributed by atoms with Gasteiger partial charge in [0, 0.05) is 16.1 Å². The lowest BCUT2D eigenvalue weighted by atomic mass is 10.1. The number of Topliss-reactive ketones (excluding diaryl/α,β-unsaturated/α-hetero) is 1. The highest BCUT2D eigenvalue weighted by Crippen LogP contribution is 2.12. The minimum atomic E-state index is -0.901. The maximum atomic E-state index is 12.1. The van der Waals surface area contributed by atoms with Gasteiger partial charge in [0.05, 0.1) is 7.11 Å². The molecule has 0 heterocycles. The maximum absolute atomic E-state index is 12.1. The molecule has 1 atom stereocenters. The number of nitrogens with one attached hydrogen (secondary N) is 1. The average Bonchev–Trinajstić information content (AvgIpc) is 2.66. The van der Waals surface area contributed by atoms with E-state index in [0.717, 1.165) is 0 Å². The van der Waals surface area contributed by atoms with Crippen LogP contribution in [0, 0.1) is 0 Å². The van der Waals surface area contributed by atoms with Gasteiger partial charge in [-0.15, -0.1) is 0 Å². The van der Waals surface area contributed by atoms with E-state index in [1.165, 1.54) is 14.0 Å². The molecule has 0 spiro atoms. The van der Waals surface area contributed by atoms with Crippen LogP contribution in [0.5, 0.6) is 5.75 Å². The van der Waals surface area contributed by atoms with E-state index >= 15 is 0 Å². The van der Waals surface area contributed by atoms with E-state index in [1.807, 2.05) is 0 Å². The molecule has 7 heteroatoms. The molecule has 2 rings (SSSR count). The zero-order valence-corrected chi connectivity index (χ0v) is 15.1. The smallest absolute Gasteiger partial charge is 0.328 e. The SMILES string of the molecule is COc1ccc(C(=O)COC(=O)[C@H](C)NC(=O)c2ccc(Cl)cc2)cc1. The second-order valence-corrected chi connectivity index (χ2v) is 5.90. The zero-order chi connectivity index (χ0) is 19.1. The fraction of sp³-hybridized carbons (Fsp3) is 0.211. The van der Waals surface area contributed by atoms with E-state index in [4.69, 9.17) is 21.1 Å². The van der Waals surface area contributed by atoms with Crippen LogP contribution in [0.15, 0.2) is 48.5 Å². The Labute approximate surface area is 156 Å². The van der Waals surface area contributed by atoms with Crippen molar-refractivity contribution in [3.63, 3.8) is 0 Å². The number of ether oxygens (including phenoxy) is 2. The summed E-state index contributed by atoms with van der Waals surface area (Å²) in [6.07, 6.45) is 0. The summed E-state index contributed by atoms with van der Waals surface area (Å²) in [5.41, 5.74) is 0.764. The molecule has 0 radical (unpaired) electrons. The monoisotopic (exact) mass is 375 g/mol. The first-order valence-electron chi connectivity index (χ1n) is 7.81. The number of amides is 1. The fourth-order valence-corrected chi connectivity index (χ4v) is 2.19. The van der Waals surface area contributed by atoms with Gasteiger partial charge in [-0.3, -0.25) is 9.59 Å². The Balaban J connectivity index is 1.85. The molecule has 1 N–H and O–H groups in total. The van der Waals surface area contributed by atoms with Crippen molar-refractivity contribution in [1.29, 1.82) is 0 Å². The number of carbonyl (C=O) groups excluding carboxylic acids is 3. The molecule has 0 fully saturated rings. The molecule has 6 nitrogen and oxygen atoms in total. The third kappa shape index (κ3) is 5.32. The Morgan fingerprint density at radius 3 is 2.15 bits per heavy atom. The number of esters is 1.